The summed E-state index contributed by atoms with van der Waals surface area (Å²) in [5.41, 5.74) is 2.32. The predicted octanol–water partition coefficient (Wildman–Crippen LogP) is 5.30. The van der Waals surface area contributed by atoms with Crippen molar-refractivity contribution in [2.24, 2.45) is 0 Å². The van der Waals surface area contributed by atoms with Gasteiger partial charge in [-0.1, -0.05) is 51.1 Å². The van der Waals surface area contributed by atoms with Gasteiger partial charge in [-0.15, -0.1) is 0 Å². The Bertz CT molecular complexity index is 567. The van der Waals surface area contributed by atoms with Crippen molar-refractivity contribution in [1.29, 1.82) is 0 Å². The van der Waals surface area contributed by atoms with Crippen molar-refractivity contribution in [1.82, 2.24) is 0 Å². The van der Waals surface area contributed by atoms with Crippen LogP contribution in [-0.2, 0) is 15.6 Å². The molecule has 1 atom stereocenters. The van der Waals surface area contributed by atoms with Gasteiger partial charge in [0.05, 0.1) is 6.10 Å². The van der Waals surface area contributed by atoms with Crippen molar-refractivity contribution in [3.05, 3.63) is 47.5 Å². The van der Waals surface area contributed by atoms with E-state index in [9.17, 15) is 4.79 Å². The van der Waals surface area contributed by atoms with Crippen molar-refractivity contribution < 1.29 is 9.22 Å². The Morgan fingerprint density at radius 2 is 1.78 bits per heavy atom. The summed E-state index contributed by atoms with van der Waals surface area (Å²) in [4.78, 5) is 12.2. The molecular weight excluding hydrogens is 300 g/mol. The summed E-state index contributed by atoms with van der Waals surface area (Å²) < 4.78 is 6.37. The normalized spacial score (nSPS) is 19.1. The van der Waals surface area contributed by atoms with Gasteiger partial charge in [-0.3, -0.25) is 4.79 Å². The summed E-state index contributed by atoms with van der Waals surface area (Å²) >= 11 is 0. The maximum absolute atomic E-state index is 12.2. The Morgan fingerprint density at radius 1 is 1.13 bits per heavy atom. The Balaban J connectivity index is 1.89. The molecule has 2 rings (SSSR count). The van der Waals surface area contributed by atoms with Crippen LogP contribution in [0.25, 0.3) is 0 Å². The van der Waals surface area contributed by atoms with E-state index in [-0.39, 0.29) is 16.9 Å². The second-order valence-corrected chi connectivity index (χ2v) is 12.8. The van der Waals surface area contributed by atoms with Gasteiger partial charge in [0.2, 0.25) is 0 Å². The van der Waals surface area contributed by atoms with Crippen LogP contribution in [0, 0.1) is 0 Å². The van der Waals surface area contributed by atoms with E-state index in [1.165, 1.54) is 5.56 Å². The third-order valence-corrected chi connectivity index (χ3v) is 9.64. The molecule has 0 saturated heterocycles. The molecule has 23 heavy (non-hydrogen) atoms. The lowest BCUT2D eigenvalue weighted by molar-refractivity contribution is -0.115. The standard InChI is InChI=1S/C20H30O2Si/c1-20(2,3)23(4,5)22-18-14-17(19(21)15-18)13-9-12-16-10-7-6-8-11-16/h6-8,10-11,14,18H,9,12-13,15H2,1-5H3/t18-/m0/s1. The molecule has 0 bridgehead atoms. The molecule has 0 N–H and O–H groups in total. The van der Waals surface area contributed by atoms with E-state index in [1.54, 1.807) is 0 Å². The summed E-state index contributed by atoms with van der Waals surface area (Å²) in [7, 11) is -1.81. The monoisotopic (exact) mass is 330 g/mol. The summed E-state index contributed by atoms with van der Waals surface area (Å²) in [5, 5.41) is 0.181. The Hall–Kier alpha value is -1.19. The van der Waals surface area contributed by atoms with Crippen LogP contribution < -0.4 is 0 Å². The highest BCUT2D eigenvalue weighted by atomic mass is 28.4. The lowest BCUT2D eigenvalue weighted by atomic mass is 10.0. The maximum atomic E-state index is 12.2. The molecule has 0 radical (unpaired) electrons. The third kappa shape index (κ3) is 4.89. The zero-order valence-electron chi connectivity index (χ0n) is 15.2. The highest BCUT2D eigenvalue weighted by Crippen LogP contribution is 2.39. The van der Waals surface area contributed by atoms with Crippen LogP contribution in [-0.4, -0.2) is 20.2 Å². The molecule has 1 aromatic carbocycles. The first kappa shape index (κ1) is 18.1. The summed E-state index contributed by atoms with van der Waals surface area (Å²) in [5.74, 6) is 0.279. The number of aryl methyl sites for hydroxylation is 1. The fourth-order valence-corrected chi connectivity index (χ4v) is 3.93. The number of rotatable bonds is 6. The first-order valence-corrected chi connectivity index (χ1v) is 11.6. The highest BCUT2D eigenvalue weighted by Gasteiger charge is 2.40. The predicted molar refractivity (Wildman–Crippen MR) is 99.2 cm³/mol. The highest BCUT2D eigenvalue weighted by molar-refractivity contribution is 6.74. The minimum atomic E-state index is -1.81. The van der Waals surface area contributed by atoms with Gasteiger partial charge in [-0.25, -0.2) is 0 Å². The van der Waals surface area contributed by atoms with E-state index >= 15 is 0 Å². The van der Waals surface area contributed by atoms with Crippen LogP contribution in [0.5, 0.6) is 0 Å². The number of hydrogen-bond donors (Lipinski definition) is 0. The SMILES string of the molecule is CC(C)(C)[Si](C)(C)O[C@H]1C=C(CCCc2ccccc2)C(=O)C1. The van der Waals surface area contributed by atoms with Crippen molar-refractivity contribution in [3.63, 3.8) is 0 Å². The van der Waals surface area contributed by atoms with Crippen LogP contribution in [0.4, 0.5) is 0 Å². The molecule has 0 spiro atoms. The molecule has 1 aliphatic carbocycles. The van der Waals surface area contributed by atoms with Crippen LogP contribution in [0.15, 0.2) is 42.0 Å². The largest absolute Gasteiger partial charge is 0.410 e. The molecule has 0 saturated carbocycles. The van der Waals surface area contributed by atoms with Gasteiger partial charge in [0.1, 0.15) is 0 Å². The molecule has 0 heterocycles. The third-order valence-electron chi connectivity index (χ3n) is 5.14. The van der Waals surface area contributed by atoms with Gasteiger partial charge < -0.3 is 4.43 Å². The molecule has 3 heteroatoms. The lowest BCUT2D eigenvalue weighted by Crippen LogP contribution is -2.43. The van der Waals surface area contributed by atoms with Crippen LogP contribution in [0.1, 0.15) is 45.6 Å². The van der Waals surface area contributed by atoms with E-state index < -0.39 is 8.32 Å². The van der Waals surface area contributed by atoms with Crippen molar-refractivity contribution in [2.75, 3.05) is 0 Å². The number of hydrogen-bond acceptors (Lipinski definition) is 2. The molecule has 126 valence electrons. The number of carbonyl (C=O) groups is 1. The first-order chi connectivity index (χ1) is 10.7. The van der Waals surface area contributed by atoms with E-state index in [0.717, 1.165) is 24.8 Å². The van der Waals surface area contributed by atoms with Crippen LogP contribution in [0.2, 0.25) is 18.1 Å². The number of allylic oxidation sites excluding steroid dienone is 1. The number of carbonyl (C=O) groups excluding carboxylic acids is 1. The minimum absolute atomic E-state index is 0.00452. The molecule has 0 aliphatic heterocycles. The zero-order chi connectivity index (χ0) is 17.1. The second kappa shape index (κ2) is 7.14. The first-order valence-electron chi connectivity index (χ1n) is 8.65. The van der Waals surface area contributed by atoms with Gasteiger partial charge in [-0.2, -0.15) is 0 Å². The fourth-order valence-electron chi connectivity index (χ4n) is 2.67. The molecular formula is C20H30O2Si. The topological polar surface area (TPSA) is 26.3 Å². The maximum Gasteiger partial charge on any atom is 0.192 e. The molecule has 1 aromatic rings. The van der Waals surface area contributed by atoms with E-state index in [1.807, 2.05) is 6.07 Å². The average molecular weight is 331 g/mol. The van der Waals surface area contributed by atoms with Crippen molar-refractivity contribution >= 4 is 14.1 Å². The fraction of sp³-hybridized carbons (Fsp3) is 0.550. The van der Waals surface area contributed by atoms with Crippen LogP contribution >= 0.6 is 0 Å². The molecule has 2 nitrogen and oxygen atoms in total. The molecule has 0 amide bonds. The number of ketones is 1. The lowest BCUT2D eigenvalue weighted by Gasteiger charge is -2.37. The Kier molecular flexibility index (Phi) is 5.64. The molecule has 0 unspecified atom stereocenters. The van der Waals surface area contributed by atoms with Gasteiger partial charge >= 0.3 is 0 Å². The Morgan fingerprint density at radius 3 is 2.39 bits per heavy atom. The van der Waals surface area contributed by atoms with Crippen molar-refractivity contribution in [3.8, 4) is 0 Å². The van der Waals surface area contributed by atoms with Gasteiger partial charge in [-0.05, 0) is 54.6 Å². The molecule has 0 fully saturated rings. The zero-order valence-corrected chi connectivity index (χ0v) is 16.2. The Labute approximate surface area is 142 Å². The van der Waals surface area contributed by atoms with E-state index in [4.69, 9.17) is 4.43 Å². The quantitative estimate of drug-likeness (QED) is 0.662. The summed E-state index contributed by atoms with van der Waals surface area (Å²) in [6.07, 6.45) is 5.54. The molecule has 1 aliphatic rings. The second-order valence-electron chi connectivity index (χ2n) is 8.07. The van der Waals surface area contributed by atoms with Gasteiger partial charge in [0.25, 0.3) is 0 Å². The number of benzene rings is 1. The smallest absolute Gasteiger partial charge is 0.192 e. The van der Waals surface area contributed by atoms with Gasteiger partial charge in [0, 0.05) is 6.42 Å². The number of Topliss-reactive ketones (excluding diaryl/α,β-unsaturated/α-hetero) is 1. The molecule has 0 aromatic heterocycles. The summed E-state index contributed by atoms with van der Waals surface area (Å²) in [6, 6.07) is 10.5. The average Bonchev–Trinajstić information content (AvgIpc) is 2.78. The minimum Gasteiger partial charge on any atom is -0.410 e. The summed E-state index contributed by atoms with van der Waals surface area (Å²) in [6.45, 7) is 11.2. The van der Waals surface area contributed by atoms with Gasteiger partial charge in [0.15, 0.2) is 14.1 Å². The van der Waals surface area contributed by atoms with E-state index in [0.29, 0.717) is 6.42 Å². The van der Waals surface area contributed by atoms with Crippen molar-refractivity contribution in [2.45, 2.75) is 70.7 Å². The van der Waals surface area contributed by atoms with Crippen LogP contribution in [0.3, 0.4) is 0 Å². The van der Waals surface area contributed by atoms with E-state index in [2.05, 4.69) is 64.2 Å².